The van der Waals surface area contributed by atoms with Crippen LogP contribution in [0.2, 0.25) is 5.02 Å². The second-order valence-electron chi connectivity index (χ2n) is 4.51. The van der Waals surface area contributed by atoms with Gasteiger partial charge < -0.3 is 10.5 Å². The number of rotatable bonds is 3. The van der Waals surface area contributed by atoms with Gasteiger partial charge in [0, 0.05) is 6.04 Å². The molecule has 2 N–H and O–H groups in total. The van der Waals surface area contributed by atoms with Crippen LogP contribution in [0.5, 0.6) is 11.5 Å². The summed E-state index contributed by atoms with van der Waals surface area (Å²) in [5, 5.41) is 0.413. The van der Waals surface area contributed by atoms with Crippen molar-refractivity contribution in [2.75, 3.05) is 0 Å². The van der Waals surface area contributed by atoms with Gasteiger partial charge in [-0.1, -0.05) is 23.7 Å². The first kappa shape index (κ1) is 13.8. The van der Waals surface area contributed by atoms with E-state index in [-0.39, 0.29) is 11.8 Å². The van der Waals surface area contributed by atoms with Crippen LogP contribution < -0.4 is 10.5 Å². The number of benzene rings is 2. The summed E-state index contributed by atoms with van der Waals surface area (Å²) in [6, 6.07) is 9.82. The minimum absolute atomic E-state index is 0.109. The van der Waals surface area contributed by atoms with Crippen LogP contribution in [0.15, 0.2) is 36.4 Å². The molecule has 0 bridgehead atoms. The zero-order valence-corrected chi connectivity index (χ0v) is 11.5. The van der Waals surface area contributed by atoms with Crippen molar-refractivity contribution in [3.05, 3.63) is 58.4 Å². The van der Waals surface area contributed by atoms with E-state index in [0.29, 0.717) is 10.8 Å². The Bertz CT molecular complexity index is 599. The number of halogens is 2. The van der Waals surface area contributed by atoms with Crippen molar-refractivity contribution in [1.29, 1.82) is 0 Å². The van der Waals surface area contributed by atoms with Gasteiger partial charge in [0.05, 0.1) is 5.02 Å². The van der Waals surface area contributed by atoms with E-state index < -0.39 is 5.82 Å². The van der Waals surface area contributed by atoms with Gasteiger partial charge in [-0.2, -0.15) is 0 Å². The van der Waals surface area contributed by atoms with Gasteiger partial charge in [0.1, 0.15) is 5.75 Å². The molecular weight excluding hydrogens is 265 g/mol. The first-order valence-corrected chi connectivity index (χ1v) is 6.34. The summed E-state index contributed by atoms with van der Waals surface area (Å²) in [6.07, 6.45) is 0. The molecule has 0 spiro atoms. The molecule has 0 aliphatic carbocycles. The SMILES string of the molecule is Cc1ccc(F)c(Oc2ccc([C@@H](C)N)cc2Cl)c1. The molecular formula is C15H15ClFNO. The van der Waals surface area contributed by atoms with Crippen LogP contribution in [0.4, 0.5) is 4.39 Å². The monoisotopic (exact) mass is 279 g/mol. The van der Waals surface area contributed by atoms with Gasteiger partial charge in [0.2, 0.25) is 0 Å². The normalized spacial score (nSPS) is 12.3. The molecule has 100 valence electrons. The lowest BCUT2D eigenvalue weighted by Gasteiger charge is -2.11. The number of aryl methyl sites for hydroxylation is 1. The molecule has 4 heteroatoms. The Morgan fingerprint density at radius 2 is 1.89 bits per heavy atom. The minimum Gasteiger partial charge on any atom is -0.453 e. The molecule has 1 atom stereocenters. The van der Waals surface area contributed by atoms with Crippen LogP contribution in [0.3, 0.4) is 0 Å². The molecule has 2 nitrogen and oxygen atoms in total. The number of hydrogen-bond acceptors (Lipinski definition) is 2. The van der Waals surface area contributed by atoms with E-state index in [0.717, 1.165) is 11.1 Å². The largest absolute Gasteiger partial charge is 0.453 e. The molecule has 0 aliphatic rings. The van der Waals surface area contributed by atoms with Crippen molar-refractivity contribution in [1.82, 2.24) is 0 Å². The van der Waals surface area contributed by atoms with E-state index in [1.165, 1.54) is 6.07 Å². The van der Waals surface area contributed by atoms with E-state index in [1.807, 2.05) is 19.9 Å². The van der Waals surface area contributed by atoms with Crippen molar-refractivity contribution in [2.24, 2.45) is 5.73 Å². The van der Waals surface area contributed by atoms with Crippen molar-refractivity contribution in [3.8, 4) is 11.5 Å². The summed E-state index contributed by atoms with van der Waals surface area (Å²) in [7, 11) is 0. The average Bonchev–Trinajstić information content (AvgIpc) is 2.36. The summed E-state index contributed by atoms with van der Waals surface area (Å²) in [5.74, 6) is 0.156. The first-order valence-electron chi connectivity index (χ1n) is 5.96. The fraction of sp³-hybridized carbons (Fsp3) is 0.200. The molecule has 0 fully saturated rings. The predicted molar refractivity (Wildman–Crippen MR) is 75.3 cm³/mol. The van der Waals surface area contributed by atoms with E-state index in [1.54, 1.807) is 24.3 Å². The third kappa shape index (κ3) is 3.25. The van der Waals surface area contributed by atoms with Crippen LogP contribution in [0.25, 0.3) is 0 Å². The Labute approximate surface area is 117 Å². The maximum atomic E-state index is 13.6. The molecule has 2 aromatic carbocycles. The quantitative estimate of drug-likeness (QED) is 0.891. The summed E-state index contributed by atoms with van der Waals surface area (Å²) in [6.45, 7) is 3.74. The first-order chi connectivity index (χ1) is 8.97. The maximum absolute atomic E-state index is 13.6. The van der Waals surface area contributed by atoms with E-state index in [2.05, 4.69) is 0 Å². The highest BCUT2D eigenvalue weighted by Crippen LogP contribution is 2.32. The summed E-state index contributed by atoms with van der Waals surface area (Å²) in [5.41, 5.74) is 7.59. The third-order valence-electron chi connectivity index (χ3n) is 2.79. The molecule has 0 heterocycles. The number of ether oxygens (including phenoxy) is 1. The van der Waals surface area contributed by atoms with Crippen molar-refractivity contribution in [3.63, 3.8) is 0 Å². The van der Waals surface area contributed by atoms with Crippen LogP contribution in [0.1, 0.15) is 24.1 Å². The topological polar surface area (TPSA) is 35.2 Å². The fourth-order valence-electron chi connectivity index (χ4n) is 1.69. The van der Waals surface area contributed by atoms with Gasteiger partial charge in [-0.25, -0.2) is 4.39 Å². The lowest BCUT2D eigenvalue weighted by molar-refractivity contribution is 0.442. The van der Waals surface area contributed by atoms with Crippen molar-refractivity contribution in [2.45, 2.75) is 19.9 Å². The van der Waals surface area contributed by atoms with Crippen LogP contribution >= 0.6 is 11.6 Å². The second kappa shape index (κ2) is 5.59. The highest BCUT2D eigenvalue weighted by molar-refractivity contribution is 6.32. The lowest BCUT2D eigenvalue weighted by Crippen LogP contribution is -2.04. The lowest BCUT2D eigenvalue weighted by atomic mass is 10.1. The van der Waals surface area contributed by atoms with E-state index >= 15 is 0 Å². The molecule has 0 unspecified atom stereocenters. The Balaban J connectivity index is 2.31. The predicted octanol–water partition coefficient (Wildman–Crippen LogP) is 4.60. The van der Waals surface area contributed by atoms with Crippen LogP contribution in [0, 0.1) is 12.7 Å². The highest BCUT2D eigenvalue weighted by Gasteiger charge is 2.10. The van der Waals surface area contributed by atoms with Gasteiger partial charge in [-0.05, 0) is 49.2 Å². The highest BCUT2D eigenvalue weighted by atomic mass is 35.5. The van der Waals surface area contributed by atoms with Gasteiger partial charge >= 0.3 is 0 Å². The van der Waals surface area contributed by atoms with Crippen molar-refractivity contribution < 1.29 is 9.13 Å². The van der Waals surface area contributed by atoms with Gasteiger partial charge in [0.25, 0.3) is 0 Å². The molecule has 0 aliphatic heterocycles. The summed E-state index contributed by atoms with van der Waals surface area (Å²) < 4.78 is 19.1. The molecule has 19 heavy (non-hydrogen) atoms. The average molecular weight is 280 g/mol. The Morgan fingerprint density at radius 3 is 2.53 bits per heavy atom. The van der Waals surface area contributed by atoms with Crippen LogP contribution in [-0.4, -0.2) is 0 Å². The summed E-state index contributed by atoms with van der Waals surface area (Å²) in [4.78, 5) is 0. The van der Waals surface area contributed by atoms with Gasteiger partial charge in [-0.15, -0.1) is 0 Å². The fourth-order valence-corrected chi connectivity index (χ4v) is 1.92. The minimum atomic E-state index is -0.419. The molecule has 2 rings (SSSR count). The third-order valence-corrected chi connectivity index (χ3v) is 3.08. The molecule has 2 aromatic rings. The van der Waals surface area contributed by atoms with Gasteiger partial charge in [-0.3, -0.25) is 0 Å². The summed E-state index contributed by atoms with van der Waals surface area (Å²) >= 11 is 6.11. The number of hydrogen-bond donors (Lipinski definition) is 1. The van der Waals surface area contributed by atoms with Crippen molar-refractivity contribution >= 4 is 11.6 Å². The number of nitrogens with two attached hydrogens (primary N) is 1. The van der Waals surface area contributed by atoms with E-state index in [9.17, 15) is 4.39 Å². The van der Waals surface area contributed by atoms with E-state index in [4.69, 9.17) is 22.1 Å². The molecule has 0 radical (unpaired) electrons. The zero-order chi connectivity index (χ0) is 14.0. The maximum Gasteiger partial charge on any atom is 0.165 e. The molecule has 0 saturated heterocycles. The Morgan fingerprint density at radius 1 is 1.16 bits per heavy atom. The zero-order valence-electron chi connectivity index (χ0n) is 10.8. The van der Waals surface area contributed by atoms with Gasteiger partial charge in [0.15, 0.2) is 11.6 Å². The Hall–Kier alpha value is -1.58. The standard InChI is InChI=1S/C15H15ClFNO/c1-9-3-5-13(17)15(7-9)19-14-6-4-11(10(2)18)8-12(14)16/h3-8,10H,18H2,1-2H3/t10-/m1/s1. The molecule has 0 aromatic heterocycles. The Kier molecular flexibility index (Phi) is 4.08. The molecule has 0 amide bonds. The smallest absolute Gasteiger partial charge is 0.165 e. The van der Waals surface area contributed by atoms with Crippen LogP contribution in [-0.2, 0) is 0 Å². The molecule has 0 saturated carbocycles. The second-order valence-corrected chi connectivity index (χ2v) is 4.92.